The molecule has 0 aromatic heterocycles. The van der Waals surface area contributed by atoms with Crippen LogP contribution in [-0.4, -0.2) is 56.8 Å². The zero-order valence-corrected chi connectivity index (χ0v) is 12.6. The highest BCUT2D eigenvalue weighted by Crippen LogP contribution is 2.00. The van der Waals surface area contributed by atoms with Gasteiger partial charge in [-0.1, -0.05) is 20.4 Å². The molecule has 0 fully saturated rings. The van der Waals surface area contributed by atoms with Crippen molar-refractivity contribution in [2.75, 3.05) is 41.3 Å². The van der Waals surface area contributed by atoms with Crippen molar-refractivity contribution in [3.8, 4) is 0 Å². The molecule has 0 aromatic carbocycles. The van der Waals surface area contributed by atoms with E-state index in [-0.39, 0.29) is 5.91 Å². The molecule has 4 heteroatoms. The zero-order valence-electron chi connectivity index (χ0n) is 12.6. The first-order valence-corrected chi connectivity index (χ1v) is 6.22. The third kappa shape index (κ3) is 8.89. The van der Waals surface area contributed by atoms with Gasteiger partial charge in [-0.2, -0.15) is 5.01 Å². The van der Waals surface area contributed by atoms with Crippen LogP contribution in [0.4, 0.5) is 0 Å². The van der Waals surface area contributed by atoms with Crippen LogP contribution in [0.15, 0.2) is 12.2 Å². The van der Waals surface area contributed by atoms with E-state index in [0.717, 1.165) is 17.6 Å². The van der Waals surface area contributed by atoms with Gasteiger partial charge in [-0.3, -0.25) is 4.79 Å². The lowest BCUT2D eigenvalue weighted by molar-refractivity contribution is -0.997. The highest BCUT2D eigenvalue weighted by molar-refractivity contribution is 5.91. The third-order valence-electron chi connectivity index (χ3n) is 2.64. The van der Waals surface area contributed by atoms with E-state index in [9.17, 15) is 4.79 Å². The zero-order chi connectivity index (χ0) is 14.1. The van der Waals surface area contributed by atoms with Gasteiger partial charge in [0.15, 0.2) is 0 Å². The number of hydrogen-bond acceptors (Lipinski definition) is 2. The van der Waals surface area contributed by atoms with E-state index in [1.807, 2.05) is 27.9 Å². The number of carbonyl (C=O) groups excluding carboxylic acids is 1. The summed E-state index contributed by atoms with van der Waals surface area (Å²) in [5, 5.41) is 4.97. The molecule has 0 radical (unpaired) electrons. The first-order valence-electron chi connectivity index (χ1n) is 6.22. The van der Waals surface area contributed by atoms with E-state index in [0.29, 0.717) is 12.1 Å². The molecule has 0 aliphatic rings. The van der Waals surface area contributed by atoms with Gasteiger partial charge in [-0.05, 0) is 6.92 Å². The van der Waals surface area contributed by atoms with E-state index < -0.39 is 0 Å². The van der Waals surface area contributed by atoms with Gasteiger partial charge in [0.1, 0.15) is 0 Å². The summed E-state index contributed by atoms with van der Waals surface area (Å²) in [7, 11) is 8.38. The van der Waals surface area contributed by atoms with E-state index >= 15 is 0 Å². The van der Waals surface area contributed by atoms with E-state index in [2.05, 4.69) is 31.0 Å². The van der Waals surface area contributed by atoms with Gasteiger partial charge in [0.05, 0.1) is 20.6 Å². The molecule has 0 saturated carbocycles. The van der Waals surface area contributed by atoms with Gasteiger partial charge < -0.3 is 5.32 Å². The lowest BCUT2D eigenvalue weighted by Gasteiger charge is -2.35. The van der Waals surface area contributed by atoms with Crippen LogP contribution in [0.1, 0.15) is 27.2 Å². The highest BCUT2D eigenvalue weighted by atomic mass is 16.1. The lowest BCUT2D eigenvalue weighted by Crippen LogP contribution is -2.51. The van der Waals surface area contributed by atoms with Crippen molar-refractivity contribution in [1.29, 1.82) is 0 Å². The minimum absolute atomic E-state index is 0.0508. The molecule has 0 aliphatic carbocycles. The van der Waals surface area contributed by atoms with Crippen molar-refractivity contribution < 1.29 is 9.39 Å². The van der Waals surface area contributed by atoms with Crippen LogP contribution in [0.5, 0.6) is 0 Å². The standard InChI is InChI=1S/C11H23N3O.C2H6/c1-10(2)11(15)12-8-7-9-14(5,6)13(3)4;1-2/h1,7-9H2,2-6H3;1-2H3/p+1. The minimum Gasteiger partial charge on any atom is -0.352 e. The number of quaternary nitrogens is 1. The van der Waals surface area contributed by atoms with Crippen LogP contribution in [0.2, 0.25) is 0 Å². The average molecular weight is 244 g/mol. The van der Waals surface area contributed by atoms with Crippen molar-refractivity contribution in [3.05, 3.63) is 12.2 Å². The predicted molar refractivity (Wildman–Crippen MR) is 74.5 cm³/mol. The third-order valence-corrected chi connectivity index (χ3v) is 2.64. The van der Waals surface area contributed by atoms with Gasteiger partial charge in [-0.25, -0.2) is 4.59 Å². The summed E-state index contributed by atoms with van der Waals surface area (Å²) in [6.45, 7) is 11.0. The molecule has 0 saturated heterocycles. The molecule has 0 heterocycles. The second kappa shape index (κ2) is 9.19. The number of amides is 1. The number of rotatable bonds is 6. The second-order valence-electron chi connectivity index (χ2n) is 4.58. The maximum atomic E-state index is 11.2. The fourth-order valence-electron chi connectivity index (χ4n) is 1.02. The van der Waals surface area contributed by atoms with Gasteiger partial charge >= 0.3 is 0 Å². The summed E-state index contributed by atoms with van der Waals surface area (Å²) in [6.07, 6.45) is 0.962. The fraction of sp³-hybridized carbons (Fsp3) is 0.769. The van der Waals surface area contributed by atoms with Crippen LogP contribution < -0.4 is 5.32 Å². The van der Waals surface area contributed by atoms with Crippen molar-refractivity contribution >= 4 is 5.91 Å². The first kappa shape index (κ1) is 18.5. The molecule has 1 amide bonds. The maximum absolute atomic E-state index is 11.2. The van der Waals surface area contributed by atoms with Crippen molar-refractivity contribution in [3.63, 3.8) is 0 Å². The van der Waals surface area contributed by atoms with Crippen molar-refractivity contribution in [1.82, 2.24) is 10.3 Å². The van der Waals surface area contributed by atoms with Crippen LogP contribution in [0.25, 0.3) is 0 Å². The predicted octanol–water partition coefficient (Wildman–Crippen LogP) is 1.65. The quantitative estimate of drug-likeness (QED) is 0.333. The summed E-state index contributed by atoms with van der Waals surface area (Å²) < 4.78 is 0.822. The summed E-state index contributed by atoms with van der Waals surface area (Å²) in [5.41, 5.74) is 0.566. The van der Waals surface area contributed by atoms with Crippen molar-refractivity contribution in [2.45, 2.75) is 27.2 Å². The van der Waals surface area contributed by atoms with Crippen LogP contribution in [0, 0.1) is 0 Å². The molecule has 0 atom stereocenters. The highest BCUT2D eigenvalue weighted by Gasteiger charge is 2.17. The number of carbonyl (C=O) groups is 1. The molecule has 0 rings (SSSR count). The van der Waals surface area contributed by atoms with Crippen LogP contribution in [-0.2, 0) is 4.79 Å². The van der Waals surface area contributed by atoms with Crippen LogP contribution >= 0.6 is 0 Å². The Balaban J connectivity index is 0. The largest absolute Gasteiger partial charge is 0.352 e. The molecule has 0 spiro atoms. The van der Waals surface area contributed by atoms with Gasteiger partial charge in [-0.15, -0.1) is 0 Å². The Morgan fingerprint density at radius 2 is 1.76 bits per heavy atom. The molecular weight excluding hydrogens is 214 g/mol. The normalized spacial score (nSPS) is 10.6. The lowest BCUT2D eigenvalue weighted by atomic mass is 10.3. The van der Waals surface area contributed by atoms with E-state index in [4.69, 9.17) is 0 Å². The summed E-state index contributed by atoms with van der Waals surface area (Å²) in [6, 6.07) is 0. The smallest absolute Gasteiger partial charge is 0.246 e. The monoisotopic (exact) mass is 244 g/mol. The molecule has 0 bridgehead atoms. The molecule has 0 aliphatic heterocycles. The Hall–Kier alpha value is -0.870. The van der Waals surface area contributed by atoms with Crippen molar-refractivity contribution in [2.24, 2.45) is 0 Å². The average Bonchev–Trinajstić information content (AvgIpc) is 2.26. The van der Waals surface area contributed by atoms with Gasteiger partial charge in [0.2, 0.25) is 5.91 Å². The Morgan fingerprint density at radius 3 is 2.12 bits per heavy atom. The summed E-state index contributed by atoms with van der Waals surface area (Å²) in [5.74, 6) is -0.0508. The summed E-state index contributed by atoms with van der Waals surface area (Å²) >= 11 is 0. The molecular formula is C13H30N3O+. The Bertz CT molecular complexity index is 235. The molecule has 4 nitrogen and oxygen atoms in total. The molecule has 1 N–H and O–H groups in total. The van der Waals surface area contributed by atoms with Crippen LogP contribution in [0.3, 0.4) is 0 Å². The maximum Gasteiger partial charge on any atom is 0.246 e. The minimum atomic E-state index is -0.0508. The topological polar surface area (TPSA) is 32.3 Å². The Labute approximate surface area is 107 Å². The Kier molecular flexibility index (Phi) is 10.00. The number of nitrogens with one attached hydrogen (secondary N) is 1. The van der Waals surface area contributed by atoms with E-state index in [1.165, 1.54) is 0 Å². The summed E-state index contributed by atoms with van der Waals surface area (Å²) in [4.78, 5) is 11.2. The number of hydrogen-bond donors (Lipinski definition) is 1. The number of nitrogens with zero attached hydrogens (tertiary/aromatic N) is 2. The fourth-order valence-corrected chi connectivity index (χ4v) is 1.02. The Morgan fingerprint density at radius 1 is 1.29 bits per heavy atom. The van der Waals surface area contributed by atoms with Gasteiger partial charge in [0.25, 0.3) is 0 Å². The van der Waals surface area contributed by atoms with E-state index in [1.54, 1.807) is 6.92 Å². The molecule has 17 heavy (non-hydrogen) atoms. The SMILES string of the molecule is C=C(C)C(=O)NCCC[N+](C)(C)N(C)C.CC. The molecule has 0 aromatic rings. The second-order valence-corrected chi connectivity index (χ2v) is 4.58. The molecule has 102 valence electrons. The first-order chi connectivity index (χ1) is 7.77. The van der Waals surface area contributed by atoms with Gasteiger partial charge in [0, 0.05) is 32.6 Å². The molecule has 0 unspecified atom stereocenters.